The summed E-state index contributed by atoms with van der Waals surface area (Å²) < 4.78 is 27.3. The van der Waals surface area contributed by atoms with Crippen LogP contribution in [0.15, 0.2) is 54.6 Å². The molecule has 0 aromatic heterocycles. The maximum Gasteiger partial charge on any atom is 0.255 e. The summed E-state index contributed by atoms with van der Waals surface area (Å²) in [6.07, 6.45) is 0.0446. The van der Waals surface area contributed by atoms with Crippen molar-refractivity contribution in [1.29, 1.82) is 0 Å². The molecule has 0 aliphatic carbocycles. The third-order valence-electron chi connectivity index (χ3n) is 6.60. The van der Waals surface area contributed by atoms with E-state index in [1.54, 1.807) is 17.0 Å². The van der Waals surface area contributed by atoms with Crippen LogP contribution < -0.4 is 29.0 Å². The van der Waals surface area contributed by atoms with Crippen molar-refractivity contribution in [2.75, 3.05) is 28.1 Å². The van der Waals surface area contributed by atoms with Crippen molar-refractivity contribution in [3.63, 3.8) is 0 Å². The summed E-state index contributed by atoms with van der Waals surface area (Å²) in [5.41, 5.74) is 3.15. The van der Waals surface area contributed by atoms with Crippen molar-refractivity contribution < 1.29 is 33.3 Å². The Kier molecular flexibility index (Phi) is 6.76. The standard InChI is InChI=1S/C28H28N2O7/c1-33-24-11-19(12-25(34-2)27(24)35-3)21(30-15-18-6-4-5-7-20(18)28(30)32)13-26(31)29-14-17-8-9-22-23(10-17)37-16-36-22/h4-12,21H,13-16H2,1-3H3,(H,29,31)/t21-/m1/s1. The number of hydrogen-bond acceptors (Lipinski definition) is 7. The van der Waals surface area contributed by atoms with E-state index in [4.69, 9.17) is 23.7 Å². The van der Waals surface area contributed by atoms with Gasteiger partial charge in [-0.3, -0.25) is 9.59 Å². The first-order valence-corrected chi connectivity index (χ1v) is 11.9. The van der Waals surface area contributed by atoms with Crippen LogP contribution in [0.3, 0.4) is 0 Å². The van der Waals surface area contributed by atoms with E-state index < -0.39 is 6.04 Å². The van der Waals surface area contributed by atoms with Gasteiger partial charge in [-0.25, -0.2) is 0 Å². The Bertz CT molecular complexity index is 1310. The Labute approximate surface area is 214 Å². The molecule has 192 valence electrons. The van der Waals surface area contributed by atoms with Crippen LogP contribution in [0.2, 0.25) is 0 Å². The topological polar surface area (TPSA) is 95.6 Å². The predicted octanol–water partition coefficient (Wildman–Crippen LogP) is 3.84. The third kappa shape index (κ3) is 4.72. The molecule has 0 spiro atoms. The predicted molar refractivity (Wildman–Crippen MR) is 134 cm³/mol. The lowest BCUT2D eigenvalue weighted by atomic mass is 10.00. The average molecular weight is 505 g/mol. The molecule has 9 heteroatoms. The fourth-order valence-corrected chi connectivity index (χ4v) is 4.73. The zero-order valence-electron chi connectivity index (χ0n) is 20.9. The largest absolute Gasteiger partial charge is 0.493 e. The Morgan fingerprint density at radius 1 is 0.973 bits per heavy atom. The first-order chi connectivity index (χ1) is 18.0. The lowest BCUT2D eigenvalue weighted by Crippen LogP contribution is -2.34. The van der Waals surface area contributed by atoms with E-state index in [0.717, 1.165) is 11.1 Å². The minimum Gasteiger partial charge on any atom is -0.493 e. The first-order valence-electron chi connectivity index (χ1n) is 11.9. The second-order valence-corrected chi connectivity index (χ2v) is 8.73. The van der Waals surface area contributed by atoms with Gasteiger partial charge in [-0.2, -0.15) is 0 Å². The van der Waals surface area contributed by atoms with Crippen molar-refractivity contribution in [2.45, 2.75) is 25.6 Å². The van der Waals surface area contributed by atoms with Gasteiger partial charge in [0.15, 0.2) is 23.0 Å². The number of rotatable bonds is 9. The molecule has 9 nitrogen and oxygen atoms in total. The zero-order valence-corrected chi connectivity index (χ0v) is 20.9. The molecule has 37 heavy (non-hydrogen) atoms. The van der Waals surface area contributed by atoms with E-state index in [-0.39, 0.29) is 25.0 Å². The molecule has 2 heterocycles. The maximum atomic E-state index is 13.4. The normalized spacial score (nSPS) is 14.2. The molecule has 0 saturated carbocycles. The van der Waals surface area contributed by atoms with Crippen LogP contribution in [0.5, 0.6) is 28.7 Å². The van der Waals surface area contributed by atoms with Gasteiger partial charge in [0.2, 0.25) is 18.4 Å². The molecule has 1 atom stereocenters. The van der Waals surface area contributed by atoms with E-state index in [2.05, 4.69) is 5.32 Å². The first kappa shape index (κ1) is 24.3. The van der Waals surface area contributed by atoms with Gasteiger partial charge < -0.3 is 33.9 Å². The molecule has 0 unspecified atom stereocenters. The van der Waals surface area contributed by atoms with Gasteiger partial charge in [-0.05, 0) is 47.0 Å². The van der Waals surface area contributed by atoms with E-state index in [0.29, 0.717) is 53.0 Å². The summed E-state index contributed by atoms with van der Waals surface area (Å²) in [6.45, 7) is 0.894. The van der Waals surface area contributed by atoms with E-state index in [1.807, 2.05) is 42.5 Å². The summed E-state index contributed by atoms with van der Waals surface area (Å²) in [6, 6.07) is 16.0. The van der Waals surface area contributed by atoms with Crippen LogP contribution in [0.4, 0.5) is 0 Å². The lowest BCUT2D eigenvalue weighted by Gasteiger charge is -2.29. The Balaban J connectivity index is 1.42. The molecule has 5 rings (SSSR count). The Morgan fingerprint density at radius 3 is 2.41 bits per heavy atom. The molecule has 3 aromatic carbocycles. The van der Waals surface area contributed by atoms with Crippen LogP contribution in [0.25, 0.3) is 0 Å². The second kappa shape index (κ2) is 10.3. The van der Waals surface area contributed by atoms with Gasteiger partial charge in [0, 0.05) is 18.7 Å². The van der Waals surface area contributed by atoms with Crippen LogP contribution >= 0.6 is 0 Å². The third-order valence-corrected chi connectivity index (χ3v) is 6.60. The molecule has 2 amide bonds. The molecule has 3 aromatic rings. The van der Waals surface area contributed by atoms with E-state index >= 15 is 0 Å². The van der Waals surface area contributed by atoms with Crippen LogP contribution in [0.1, 0.15) is 39.5 Å². The van der Waals surface area contributed by atoms with Crippen LogP contribution in [0, 0.1) is 0 Å². The molecule has 0 bridgehead atoms. The minimum atomic E-state index is -0.564. The quantitative estimate of drug-likeness (QED) is 0.473. The van der Waals surface area contributed by atoms with E-state index in [1.165, 1.54) is 21.3 Å². The minimum absolute atomic E-state index is 0.0446. The number of nitrogens with zero attached hydrogens (tertiary/aromatic N) is 1. The highest BCUT2D eigenvalue weighted by Crippen LogP contribution is 2.43. The number of amides is 2. The summed E-state index contributed by atoms with van der Waals surface area (Å²) in [7, 11) is 4.60. The van der Waals surface area contributed by atoms with Crippen molar-refractivity contribution in [3.8, 4) is 28.7 Å². The van der Waals surface area contributed by atoms with Crippen molar-refractivity contribution >= 4 is 11.8 Å². The number of ether oxygens (including phenoxy) is 5. The SMILES string of the molecule is COc1cc([C@@H](CC(=O)NCc2ccc3c(c2)OCO3)N2Cc3ccccc3C2=O)cc(OC)c1OC. The fraction of sp³-hybridized carbons (Fsp3) is 0.286. The van der Waals surface area contributed by atoms with Crippen molar-refractivity contribution in [1.82, 2.24) is 10.2 Å². The zero-order chi connectivity index (χ0) is 25.9. The number of hydrogen-bond donors (Lipinski definition) is 1. The van der Waals surface area contributed by atoms with Gasteiger partial charge in [0.25, 0.3) is 5.91 Å². The van der Waals surface area contributed by atoms with Crippen molar-refractivity contribution in [2.24, 2.45) is 0 Å². The fourth-order valence-electron chi connectivity index (χ4n) is 4.73. The summed E-state index contributed by atoms with van der Waals surface area (Å²) in [4.78, 5) is 28.3. The summed E-state index contributed by atoms with van der Waals surface area (Å²) in [5.74, 6) is 2.35. The Hall–Kier alpha value is -4.40. The number of nitrogens with one attached hydrogen (secondary N) is 1. The van der Waals surface area contributed by atoms with E-state index in [9.17, 15) is 9.59 Å². The van der Waals surface area contributed by atoms with Crippen LogP contribution in [-0.2, 0) is 17.9 Å². The number of methoxy groups -OCH3 is 3. The number of carbonyl (C=O) groups is 2. The summed E-state index contributed by atoms with van der Waals surface area (Å²) in [5, 5.41) is 2.97. The monoisotopic (exact) mass is 504 g/mol. The number of benzene rings is 3. The Morgan fingerprint density at radius 2 is 1.70 bits per heavy atom. The average Bonchev–Trinajstić information content (AvgIpc) is 3.53. The molecule has 0 fully saturated rings. The van der Waals surface area contributed by atoms with Gasteiger partial charge >= 0.3 is 0 Å². The van der Waals surface area contributed by atoms with Gasteiger partial charge in [0.05, 0.1) is 33.8 Å². The number of carbonyl (C=O) groups excluding carboxylic acids is 2. The van der Waals surface area contributed by atoms with Gasteiger partial charge in [0.1, 0.15) is 0 Å². The molecule has 0 saturated heterocycles. The second-order valence-electron chi connectivity index (χ2n) is 8.73. The molecular weight excluding hydrogens is 476 g/mol. The van der Waals surface area contributed by atoms with Gasteiger partial charge in [-0.1, -0.05) is 24.3 Å². The maximum absolute atomic E-state index is 13.4. The lowest BCUT2D eigenvalue weighted by molar-refractivity contribution is -0.122. The molecule has 0 radical (unpaired) electrons. The van der Waals surface area contributed by atoms with Crippen LogP contribution in [-0.4, -0.2) is 44.8 Å². The molecule has 2 aliphatic rings. The smallest absolute Gasteiger partial charge is 0.255 e. The highest BCUT2D eigenvalue weighted by Gasteiger charge is 2.35. The summed E-state index contributed by atoms with van der Waals surface area (Å²) >= 11 is 0. The number of fused-ring (bicyclic) bond motifs is 2. The highest BCUT2D eigenvalue weighted by atomic mass is 16.7. The molecular formula is C28H28N2O7. The van der Waals surface area contributed by atoms with Gasteiger partial charge in [-0.15, -0.1) is 0 Å². The van der Waals surface area contributed by atoms with Crippen molar-refractivity contribution in [3.05, 3.63) is 76.9 Å². The molecule has 1 N–H and O–H groups in total. The molecule has 2 aliphatic heterocycles. The highest BCUT2D eigenvalue weighted by molar-refractivity contribution is 5.99.